The van der Waals surface area contributed by atoms with E-state index < -0.39 is 0 Å². The number of hydrogen-bond donors (Lipinski definition) is 1. The zero-order chi connectivity index (χ0) is 11.4. The largest absolute Gasteiger partial charge is 0.334 e. The highest BCUT2D eigenvalue weighted by molar-refractivity contribution is 5.17. The summed E-state index contributed by atoms with van der Waals surface area (Å²) in [5, 5.41) is 3.45. The summed E-state index contributed by atoms with van der Waals surface area (Å²) in [5.41, 5.74) is 1.71. The molecule has 1 aromatic rings. The molecule has 1 aliphatic rings. The van der Waals surface area contributed by atoms with E-state index in [1.807, 2.05) is 6.33 Å². The minimum absolute atomic E-state index is 0.294. The van der Waals surface area contributed by atoms with E-state index in [9.17, 15) is 0 Å². The average molecular weight is 221 g/mol. The molecule has 2 heterocycles. The molecule has 3 heteroatoms. The lowest BCUT2D eigenvalue weighted by Gasteiger charge is -2.24. The Balaban J connectivity index is 2.06. The summed E-state index contributed by atoms with van der Waals surface area (Å²) >= 11 is 0. The van der Waals surface area contributed by atoms with Crippen molar-refractivity contribution in [2.45, 2.75) is 51.5 Å². The highest BCUT2D eigenvalue weighted by Gasteiger charge is 2.33. The number of hydrogen-bond acceptors (Lipinski definition) is 2. The lowest BCUT2D eigenvalue weighted by Crippen LogP contribution is -2.28. The molecule has 1 N–H and O–H groups in total. The van der Waals surface area contributed by atoms with E-state index in [1.165, 1.54) is 31.4 Å². The lowest BCUT2D eigenvalue weighted by molar-refractivity contribution is 0.463. The zero-order valence-corrected chi connectivity index (χ0v) is 10.5. The van der Waals surface area contributed by atoms with Gasteiger partial charge in [-0.2, -0.15) is 0 Å². The van der Waals surface area contributed by atoms with Crippen LogP contribution in [0, 0.1) is 0 Å². The molecular formula is C13H23N3. The second-order valence-corrected chi connectivity index (χ2v) is 5.17. The molecule has 16 heavy (non-hydrogen) atoms. The zero-order valence-electron chi connectivity index (χ0n) is 10.5. The minimum atomic E-state index is 0.294. The first-order chi connectivity index (χ1) is 7.76. The summed E-state index contributed by atoms with van der Waals surface area (Å²) in [4.78, 5) is 4.33. The molecule has 0 aromatic carbocycles. The predicted octanol–water partition coefficient (Wildman–Crippen LogP) is 2.32. The molecule has 0 aliphatic carbocycles. The topological polar surface area (TPSA) is 29.9 Å². The normalized spacial score (nSPS) is 25.1. The van der Waals surface area contributed by atoms with Crippen molar-refractivity contribution in [3.63, 3.8) is 0 Å². The van der Waals surface area contributed by atoms with Crippen molar-refractivity contribution in [3.8, 4) is 0 Å². The first-order valence-corrected chi connectivity index (χ1v) is 6.47. The minimum Gasteiger partial charge on any atom is -0.334 e. The first kappa shape index (κ1) is 11.6. The second kappa shape index (κ2) is 5.00. The molecular weight excluding hydrogens is 198 g/mol. The van der Waals surface area contributed by atoms with Gasteiger partial charge in [0.2, 0.25) is 0 Å². The van der Waals surface area contributed by atoms with Gasteiger partial charge in [-0.05, 0) is 19.4 Å². The Morgan fingerprint density at radius 1 is 1.50 bits per heavy atom. The average Bonchev–Trinajstić information content (AvgIpc) is 2.88. The summed E-state index contributed by atoms with van der Waals surface area (Å²) in [7, 11) is 0. The van der Waals surface area contributed by atoms with Crippen LogP contribution < -0.4 is 5.32 Å². The fourth-order valence-corrected chi connectivity index (χ4v) is 2.57. The third kappa shape index (κ3) is 2.29. The number of imidazole rings is 1. The molecule has 1 aromatic heterocycles. The maximum atomic E-state index is 4.33. The van der Waals surface area contributed by atoms with Gasteiger partial charge < -0.3 is 9.88 Å². The van der Waals surface area contributed by atoms with Crippen LogP contribution in [0.2, 0.25) is 0 Å². The summed E-state index contributed by atoms with van der Waals surface area (Å²) < 4.78 is 2.35. The Bertz CT molecular complexity index is 324. The molecule has 0 saturated carbocycles. The van der Waals surface area contributed by atoms with E-state index in [1.54, 1.807) is 0 Å². The Labute approximate surface area is 98.3 Å². The molecule has 0 spiro atoms. The summed E-state index contributed by atoms with van der Waals surface area (Å²) in [6.45, 7) is 7.94. The Kier molecular flexibility index (Phi) is 3.64. The van der Waals surface area contributed by atoms with Crippen molar-refractivity contribution in [2.24, 2.45) is 0 Å². The molecule has 3 nitrogen and oxygen atoms in total. The Hall–Kier alpha value is -0.830. The van der Waals surface area contributed by atoms with Crippen LogP contribution in [0.5, 0.6) is 0 Å². The van der Waals surface area contributed by atoms with Crippen molar-refractivity contribution < 1.29 is 0 Å². The molecule has 1 fully saturated rings. The van der Waals surface area contributed by atoms with Gasteiger partial charge in [-0.25, -0.2) is 4.98 Å². The molecule has 1 unspecified atom stereocenters. The van der Waals surface area contributed by atoms with Crippen LogP contribution in [0.3, 0.4) is 0 Å². The van der Waals surface area contributed by atoms with E-state index in [0.717, 1.165) is 19.6 Å². The molecule has 1 aliphatic heterocycles. The van der Waals surface area contributed by atoms with Gasteiger partial charge in [0.15, 0.2) is 0 Å². The van der Waals surface area contributed by atoms with Crippen LogP contribution in [-0.4, -0.2) is 22.6 Å². The van der Waals surface area contributed by atoms with E-state index in [2.05, 4.69) is 34.9 Å². The summed E-state index contributed by atoms with van der Waals surface area (Å²) in [5.74, 6) is 0. The van der Waals surface area contributed by atoms with Gasteiger partial charge >= 0.3 is 0 Å². The molecule has 0 amide bonds. The SMILES string of the molecule is CCCCCn1cncc1C1(C)CCNC1. The first-order valence-electron chi connectivity index (χ1n) is 6.47. The number of aromatic nitrogens is 2. The molecule has 2 rings (SSSR count). The Morgan fingerprint density at radius 3 is 3.06 bits per heavy atom. The number of aryl methyl sites for hydroxylation is 1. The van der Waals surface area contributed by atoms with Crippen LogP contribution in [0.4, 0.5) is 0 Å². The van der Waals surface area contributed by atoms with Gasteiger partial charge in [-0.15, -0.1) is 0 Å². The van der Waals surface area contributed by atoms with Crippen molar-refractivity contribution >= 4 is 0 Å². The van der Waals surface area contributed by atoms with Crippen molar-refractivity contribution in [2.75, 3.05) is 13.1 Å². The van der Waals surface area contributed by atoms with Gasteiger partial charge in [-0.1, -0.05) is 26.7 Å². The maximum absolute atomic E-state index is 4.33. The fourth-order valence-electron chi connectivity index (χ4n) is 2.57. The quantitative estimate of drug-likeness (QED) is 0.773. The standard InChI is InChI=1S/C13H23N3/c1-3-4-5-8-16-11-15-9-12(16)13(2)6-7-14-10-13/h9,11,14H,3-8,10H2,1-2H3. The lowest BCUT2D eigenvalue weighted by atomic mass is 9.86. The van der Waals surface area contributed by atoms with Crippen molar-refractivity contribution in [1.82, 2.24) is 14.9 Å². The van der Waals surface area contributed by atoms with Gasteiger partial charge in [0.1, 0.15) is 0 Å². The van der Waals surface area contributed by atoms with E-state index in [4.69, 9.17) is 0 Å². The highest BCUT2D eigenvalue weighted by Crippen LogP contribution is 2.29. The predicted molar refractivity (Wildman–Crippen MR) is 66.6 cm³/mol. The fraction of sp³-hybridized carbons (Fsp3) is 0.769. The number of rotatable bonds is 5. The molecule has 1 saturated heterocycles. The van der Waals surface area contributed by atoms with Crippen molar-refractivity contribution in [1.29, 1.82) is 0 Å². The van der Waals surface area contributed by atoms with Crippen LogP contribution in [0.15, 0.2) is 12.5 Å². The second-order valence-electron chi connectivity index (χ2n) is 5.17. The summed E-state index contributed by atoms with van der Waals surface area (Å²) in [6, 6.07) is 0. The Morgan fingerprint density at radius 2 is 2.38 bits per heavy atom. The van der Waals surface area contributed by atoms with Gasteiger partial charge in [0.05, 0.1) is 6.33 Å². The molecule has 90 valence electrons. The van der Waals surface area contributed by atoms with Gasteiger partial charge in [-0.3, -0.25) is 0 Å². The third-order valence-electron chi connectivity index (χ3n) is 3.70. The molecule has 1 atom stereocenters. The number of nitrogens with zero attached hydrogens (tertiary/aromatic N) is 2. The van der Waals surface area contributed by atoms with Crippen molar-refractivity contribution in [3.05, 3.63) is 18.2 Å². The van der Waals surface area contributed by atoms with E-state index >= 15 is 0 Å². The number of nitrogens with one attached hydrogen (secondary N) is 1. The van der Waals surface area contributed by atoms with E-state index in [-0.39, 0.29) is 0 Å². The summed E-state index contributed by atoms with van der Waals surface area (Å²) in [6.07, 6.45) is 9.14. The van der Waals surface area contributed by atoms with Crippen LogP contribution in [-0.2, 0) is 12.0 Å². The molecule has 0 bridgehead atoms. The third-order valence-corrected chi connectivity index (χ3v) is 3.70. The number of unbranched alkanes of at least 4 members (excludes halogenated alkanes) is 2. The monoisotopic (exact) mass is 221 g/mol. The molecule has 0 radical (unpaired) electrons. The van der Waals surface area contributed by atoms with Crippen LogP contribution >= 0.6 is 0 Å². The van der Waals surface area contributed by atoms with E-state index in [0.29, 0.717) is 5.41 Å². The maximum Gasteiger partial charge on any atom is 0.0948 e. The van der Waals surface area contributed by atoms with Gasteiger partial charge in [0, 0.05) is 30.4 Å². The highest BCUT2D eigenvalue weighted by atomic mass is 15.1. The van der Waals surface area contributed by atoms with Crippen LogP contribution in [0.1, 0.15) is 45.2 Å². The van der Waals surface area contributed by atoms with Gasteiger partial charge in [0.25, 0.3) is 0 Å². The smallest absolute Gasteiger partial charge is 0.0948 e. The van der Waals surface area contributed by atoms with Crippen LogP contribution in [0.25, 0.3) is 0 Å².